The summed E-state index contributed by atoms with van der Waals surface area (Å²) in [5, 5.41) is 6.65. The second-order valence-electron chi connectivity index (χ2n) is 8.53. The van der Waals surface area contributed by atoms with Crippen LogP contribution in [-0.2, 0) is 0 Å². The van der Waals surface area contributed by atoms with E-state index in [0.29, 0.717) is 0 Å². The molecule has 7 rings (SSSR count). The molecule has 0 spiro atoms. The summed E-state index contributed by atoms with van der Waals surface area (Å²) in [6, 6.07) is 39.6. The zero-order valence-electron chi connectivity index (χ0n) is 17.8. The number of rotatable bonds is 3. The van der Waals surface area contributed by atoms with Crippen molar-refractivity contribution in [1.29, 1.82) is 0 Å². The topological polar surface area (TPSA) is 20.3 Å². The molecule has 0 heterocycles. The minimum absolute atomic E-state index is 0.106. The van der Waals surface area contributed by atoms with Crippen molar-refractivity contribution in [3.63, 3.8) is 0 Å². The highest BCUT2D eigenvalue weighted by Gasteiger charge is 2.26. The molecule has 0 N–H and O–H groups in total. The van der Waals surface area contributed by atoms with Gasteiger partial charge in [0, 0.05) is 38.7 Å². The lowest BCUT2D eigenvalue weighted by molar-refractivity contribution is 0.104. The number of carbonyl (C=O) groups excluding carboxylic acids is 1. The van der Waals surface area contributed by atoms with Gasteiger partial charge >= 0.3 is 0 Å². The molecule has 0 amide bonds. The molecule has 2 heteroatoms. The Morgan fingerprint density at radius 3 is 1.79 bits per heavy atom. The van der Waals surface area contributed by atoms with Crippen LogP contribution in [0, 0.1) is 0 Å². The summed E-state index contributed by atoms with van der Waals surface area (Å²) >= 11 is 0. The summed E-state index contributed by atoms with van der Waals surface area (Å²) in [7, 11) is 0. The van der Waals surface area contributed by atoms with Crippen LogP contribution < -0.4 is 4.90 Å². The molecule has 6 aromatic rings. The molecular weight excluding hydrogens is 402 g/mol. The molecule has 0 aliphatic heterocycles. The maximum atomic E-state index is 13.6. The second-order valence-corrected chi connectivity index (χ2v) is 8.53. The highest BCUT2D eigenvalue weighted by molar-refractivity contribution is 6.38. The lowest BCUT2D eigenvalue weighted by Gasteiger charge is -2.29. The highest BCUT2D eigenvalue weighted by atomic mass is 16.1. The van der Waals surface area contributed by atoms with Gasteiger partial charge in [0.1, 0.15) is 0 Å². The maximum absolute atomic E-state index is 13.6. The quantitative estimate of drug-likeness (QED) is 0.268. The molecule has 0 atom stereocenters. The van der Waals surface area contributed by atoms with E-state index in [-0.39, 0.29) is 5.78 Å². The summed E-state index contributed by atoms with van der Waals surface area (Å²) < 4.78 is 0. The van der Waals surface area contributed by atoms with Gasteiger partial charge in [0.05, 0.1) is 5.69 Å². The van der Waals surface area contributed by atoms with Gasteiger partial charge in [0.15, 0.2) is 5.78 Å². The first kappa shape index (κ1) is 18.2. The summed E-state index contributed by atoms with van der Waals surface area (Å²) in [5.41, 5.74) is 4.82. The SMILES string of the molecule is O=C1c2cccc3ccc4cc(N(c5ccccc5)c5ccccc5)c5cccc1c5c4c23. The zero-order chi connectivity index (χ0) is 21.9. The minimum atomic E-state index is 0.106. The van der Waals surface area contributed by atoms with Crippen LogP contribution in [-0.4, -0.2) is 5.78 Å². The first-order valence-electron chi connectivity index (χ1n) is 11.2. The normalized spacial score (nSPS) is 12.3. The Hall–Kier alpha value is -4.43. The molecule has 0 fully saturated rings. The molecule has 154 valence electrons. The molecule has 0 saturated heterocycles. The molecule has 0 radical (unpaired) electrons. The van der Waals surface area contributed by atoms with Gasteiger partial charge < -0.3 is 4.90 Å². The van der Waals surface area contributed by atoms with Crippen LogP contribution in [0.3, 0.4) is 0 Å². The number of hydrogen-bond acceptors (Lipinski definition) is 2. The van der Waals surface area contributed by atoms with Crippen LogP contribution in [0.4, 0.5) is 17.1 Å². The fourth-order valence-electron chi connectivity index (χ4n) is 5.33. The van der Waals surface area contributed by atoms with E-state index in [1.807, 2.05) is 36.4 Å². The van der Waals surface area contributed by atoms with Gasteiger partial charge in [-0.05, 0) is 46.5 Å². The van der Waals surface area contributed by atoms with Crippen molar-refractivity contribution in [2.45, 2.75) is 0 Å². The largest absolute Gasteiger partial charge is 0.310 e. The van der Waals surface area contributed by atoms with Crippen molar-refractivity contribution < 1.29 is 4.79 Å². The number of hydrogen-bond donors (Lipinski definition) is 0. The predicted molar refractivity (Wildman–Crippen MR) is 137 cm³/mol. The Balaban J connectivity index is 1.67. The number of nitrogens with zero attached hydrogens (tertiary/aromatic N) is 1. The summed E-state index contributed by atoms with van der Waals surface area (Å²) in [6.45, 7) is 0. The van der Waals surface area contributed by atoms with Crippen molar-refractivity contribution >= 4 is 55.2 Å². The Morgan fingerprint density at radius 1 is 0.485 bits per heavy atom. The number of carbonyl (C=O) groups is 1. The van der Waals surface area contributed by atoms with Gasteiger partial charge in [0.2, 0.25) is 0 Å². The van der Waals surface area contributed by atoms with Crippen molar-refractivity contribution in [2.24, 2.45) is 0 Å². The van der Waals surface area contributed by atoms with Crippen LogP contribution in [0.25, 0.3) is 32.3 Å². The van der Waals surface area contributed by atoms with Gasteiger partial charge in [-0.3, -0.25) is 4.79 Å². The Labute approximate surface area is 191 Å². The average molecular weight is 421 g/mol. The van der Waals surface area contributed by atoms with Gasteiger partial charge in [-0.25, -0.2) is 0 Å². The maximum Gasteiger partial charge on any atom is 0.194 e. The molecule has 1 aliphatic carbocycles. The third kappa shape index (κ3) is 2.52. The molecule has 1 aliphatic rings. The first-order valence-corrected chi connectivity index (χ1v) is 11.2. The number of ketones is 1. The smallest absolute Gasteiger partial charge is 0.194 e. The number of benzene rings is 6. The lowest BCUT2D eigenvalue weighted by atomic mass is 9.83. The van der Waals surface area contributed by atoms with Crippen molar-refractivity contribution in [1.82, 2.24) is 0 Å². The third-order valence-corrected chi connectivity index (χ3v) is 6.72. The van der Waals surface area contributed by atoms with Crippen LogP contribution in [0.15, 0.2) is 115 Å². The number of anilines is 3. The summed E-state index contributed by atoms with van der Waals surface area (Å²) in [5.74, 6) is 0.106. The predicted octanol–water partition coefficient (Wildman–Crippen LogP) is 8.16. The first-order chi connectivity index (χ1) is 16.3. The Kier molecular flexibility index (Phi) is 3.73. The standard InChI is InChI=1S/C31H19NO/c33-31-25-15-7-9-20-17-18-21-19-27(24-14-8-16-26(31)30(24)29(21)28(20)25)32(22-10-3-1-4-11-22)23-12-5-2-6-13-23/h1-19H. The molecule has 0 unspecified atom stereocenters. The molecule has 6 aromatic carbocycles. The van der Waals surface area contributed by atoms with E-state index in [2.05, 4.69) is 83.8 Å². The molecule has 2 nitrogen and oxygen atoms in total. The number of para-hydroxylation sites is 2. The second kappa shape index (κ2) is 6.78. The van der Waals surface area contributed by atoms with Gasteiger partial charge in [0.25, 0.3) is 0 Å². The van der Waals surface area contributed by atoms with E-state index in [4.69, 9.17) is 0 Å². The fourth-order valence-corrected chi connectivity index (χ4v) is 5.33. The van der Waals surface area contributed by atoms with E-state index in [0.717, 1.165) is 55.1 Å². The van der Waals surface area contributed by atoms with Crippen molar-refractivity contribution in [3.8, 4) is 0 Å². The lowest BCUT2D eigenvalue weighted by Crippen LogP contribution is -2.12. The van der Waals surface area contributed by atoms with Gasteiger partial charge in [-0.15, -0.1) is 0 Å². The monoisotopic (exact) mass is 421 g/mol. The molecule has 0 saturated carbocycles. The van der Waals surface area contributed by atoms with E-state index in [1.165, 1.54) is 5.39 Å². The van der Waals surface area contributed by atoms with Crippen molar-refractivity contribution in [2.75, 3.05) is 4.90 Å². The third-order valence-electron chi connectivity index (χ3n) is 6.72. The van der Waals surface area contributed by atoms with E-state index >= 15 is 0 Å². The molecule has 33 heavy (non-hydrogen) atoms. The van der Waals surface area contributed by atoms with Gasteiger partial charge in [-0.1, -0.05) is 84.9 Å². The Bertz CT molecular complexity index is 1680. The van der Waals surface area contributed by atoms with E-state index in [9.17, 15) is 4.79 Å². The summed E-state index contributed by atoms with van der Waals surface area (Å²) in [6.07, 6.45) is 0. The van der Waals surface area contributed by atoms with E-state index < -0.39 is 0 Å². The highest BCUT2D eigenvalue weighted by Crippen LogP contribution is 2.47. The van der Waals surface area contributed by atoms with Crippen LogP contribution in [0.5, 0.6) is 0 Å². The molecular formula is C31H19NO. The summed E-state index contributed by atoms with van der Waals surface area (Å²) in [4.78, 5) is 15.9. The van der Waals surface area contributed by atoms with E-state index in [1.54, 1.807) is 0 Å². The van der Waals surface area contributed by atoms with Gasteiger partial charge in [-0.2, -0.15) is 0 Å². The zero-order valence-corrected chi connectivity index (χ0v) is 17.8. The van der Waals surface area contributed by atoms with Crippen LogP contribution in [0.2, 0.25) is 0 Å². The molecule has 0 aromatic heterocycles. The van der Waals surface area contributed by atoms with Crippen molar-refractivity contribution in [3.05, 3.63) is 126 Å². The van der Waals surface area contributed by atoms with Crippen LogP contribution in [0.1, 0.15) is 15.9 Å². The Morgan fingerprint density at radius 2 is 1.09 bits per heavy atom. The minimum Gasteiger partial charge on any atom is -0.310 e. The van der Waals surface area contributed by atoms with Crippen LogP contribution >= 0.6 is 0 Å². The fraction of sp³-hybridized carbons (Fsp3) is 0. The molecule has 0 bridgehead atoms. The average Bonchev–Trinajstić information content (AvgIpc) is 2.88.